The van der Waals surface area contributed by atoms with E-state index in [-0.39, 0.29) is 0 Å². The van der Waals surface area contributed by atoms with Crippen LogP contribution < -0.4 is 0 Å². The quantitative estimate of drug-likeness (QED) is 0.650. The van der Waals surface area contributed by atoms with E-state index in [1.807, 2.05) is 35.0 Å². The van der Waals surface area contributed by atoms with Crippen molar-refractivity contribution in [3.8, 4) is 11.3 Å². The summed E-state index contributed by atoms with van der Waals surface area (Å²) in [4.78, 5) is 4.37. The molecule has 1 fully saturated rings. The summed E-state index contributed by atoms with van der Waals surface area (Å²) in [7, 11) is 0. The summed E-state index contributed by atoms with van der Waals surface area (Å²) >= 11 is 1.58. The zero-order valence-corrected chi connectivity index (χ0v) is 14.2. The van der Waals surface area contributed by atoms with Crippen LogP contribution >= 0.6 is 11.8 Å². The first kappa shape index (κ1) is 15.4. The monoisotopic (exact) mass is 341 g/mol. The number of thioether (sulfide) groups is 1. The van der Waals surface area contributed by atoms with Crippen molar-refractivity contribution in [2.45, 2.75) is 49.1 Å². The van der Waals surface area contributed by atoms with E-state index in [9.17, 15) is 0 Å². The summed E-state index contributed by atoms with van der Waals surface area (Å²) in [6.45, 7) is 0. The first-order valence-corrected chi connectivity index (χ1v) is 9.29. The fraction of sp³-hybridized carbons (Fsp3) is 0.412. The highest BCUT2D eigenvalue weighted by Crippen LogP contribution is 2.31. The van der Waals surface area contributed by atoms with Gasteiger partial charge in [0.25, 0.3) is 0 Å². The van der Waals surface area contributed by atoms with E-state index in [4.69, 9.17) is 4.42 Å². The molecular formula is C17H19N5OS. The van der Waals surface area contributed by atoms with Crippen molar-refractivity contribution in [3.05, 3.63) is 42.4 Å². The lowest BCUT2D eigenvalue weighted by Crippen LogP contribution is -2.15. The van der Waals surface area contributed by atoms with Gasteiger partial charge in [-0.1, -0.05) is 61.4 Å². The van der Waals surface area contributed by atoms with E-state index in [0.29, 0.717) is 17.7 Å². The molecule has 0 spiro atoms. The molecule has 4 rings (SSSR count). The van der Waals surface area contributed by atoms with Gasteiger partial charge in [0.1, 0.15) is 0 Å². The highest BCUT2D eigenvalue weighted by Gasteiger charge is 2.20. The number of hydrogen-bond acceptors (Lipinski definition) is 6. The van der Waals surface area contributed by atoms with Gasteiger partial charge < -0.3 is 4.42 Å². The molecule has 0 radical (unpaired) electrons. The molecule has 6 nitrogen and oxygen atoms in total. The van der Waals surface area contributed by atoms with Crippen LogP contribution in [-0.2, 0) is 5.75 Å². The van der Waals surface area contributed by atoms with Crippen LogP contribution in [0.3, 0.4) is 0 Å². The Balaban J connectivity index is 1.43. The Morgan fingerprint density at radius 3 is 2.79 bits per heavy atom. The molecule has 1 aliphatic rings. The number of benzene rings is 1. The van der Waals surface area contributed by atoms with Crippen LogP contribution in [0.4, 0.5) is 0 Å². The van der Waals surface area contributed by atoms with Gasteiger partial charge in [0, 0.05) is 5.56 Å². The molecule has 0 saturated heterocycles. The molecule has 0 bridgehead atoms. The SMILES string of the molecule is c1ccc(-c2cnc(CSc3nnnn3C3CCCCC3)o2)cc1. The number of rotatable bonds is 5. The van der Waals surface area contributed by atoms with Gasteiger partial charge in [-0.25, -0.2) is 9.67 Å². The zero-order valence-electron chi connectivity index (χ0n) is 13.3. The minimum atomic E-state index is 0.431. The third-order valence-electron chi connectivity index (χ3n) is 4.32. The summed E-state index contributed by atoms with van der Waals surface area (Å²) in [6, 6.07) is 10.4. The van der Waals surface area contributed by atoms with Gasteiger partial charge in [-0.15, -0.1) is 5.10 Å². The highest BCUT2D eigenvalue weighted by molar-refractivity contribution is 7.98. The maximum absolute atomic E-state index is 5.84. The van der Waals surface area contributed by atoms with Gasteiger partial charge in [0.2, 0.25) is 11.0 Å². The second-order valence-corrected chi connectivity index (χ2v) is 6.91. The number of nitrogens with zero attached hydrogens (tertiary/aromatic N) is 5. The summed E-state index contributed by atoms with van der Waals surface area (Å²) < 4.78 is 7.82. The molecule has 1 aliphatic carbocycles. The second kappa shape index (κ2) is 7.17. The molecule has 0 amide bonds. The zero-order chi connectivity index (χ0) is 16.2. The average molecular weight is 341 g/mol. The molecule has 124 valence electrons. The third-order valence-corrected chi connectivity index (χ3v) is 5.24. The number of aromatic nitrogens is 5. The van der Waals surface area contributed by atoms with E-state index in [1.165, 1.54) is 19.3 Å². The first-order chi connectivity index (χ1) is 11.9. The molecule has 0 N–H and O–H groups in total. The first-order valence-electron chi connectivity index (χ1n) is 8.31. The smallest absolute Gasteiger partial charge is 0.210 e. The Labute approximate surface area is 144 Å². The lowest BCUT2D eigenvalue weighted by Gasteiger charge is -2.21. The standard InChI is InChI=1S/C17H19N5OS/c1-3-7-13(8-4-1)15-11-18-16(23-15)12-24-17-19-20-21-22(17)14-9-5-2-6-10-14/h1,3-4,7-8,11,14H,2,5-6,9-10,12H2. The summed E-state index contributed by atoms with van der Waals surface area (Å²) in [5.74, 6) is 2.11. The van der Waals surface area contributed by atoms with Crippen molar-refractivity contribution in [2.24, 2.45) is 0 Å². The molecule has 2 aromatic heterocycles. The molecule has 0 atom stereocenters. The van der Waals surface area contributed by atoms with Crippen molar-refractivity contribution in [3.63, 3.8) is 0 Å². The Kier molecular flexibility index (Phi) is 4.60. The highest BCUT2D eigenvalue weighted by atomic mass is 32.2. The number of hydrogen-bond donors (Lipinski definition) is 0. The van der Waals surface area contributed by atoms with E-state index < -0.39 is 0 Å². The van der Waals surface area contributed by atoms with E-state index in [1.54, 1.807) is 18.0 Å². The molecule has 1 saturated carbocycles. The van der Waals surface area contributed by atoms with Crippen molar-refractivity contribution >= 4 is 11.8 Å². The summed E-state index contributed by atoms with van der Waals surface area (Å²) in [6.07, 6.45) is 7.93. The van der Waals surface area contributed by atoms with E-state index in [2.05, 4.69) is 20.5 Å². The normalized spacial score (nSPS) is 15.7. The molecule has 3 aromatic rings. The van der Waals surface area contributed by atoms with Crippen molar-refractivity contribution in [1.82, 2.24) is 25.2 Å². The molecule has 0 aliphatic heterocycles. The molecule has 7 heteroatoms. The van der Waals surface area contributed by atoms with Gasteiger partial charge in [-0.2, -0.15) is 0 Å². The predicted octanol–water partition coefficient (Wildman–Crippen LogP) is 4.13. The molecular weight excluding hydrogens is 322 g/mol. The number of tetrazole rings is 1. The predicted molar refractivity (Wildman–Crippen MR) is 91.4 cm³/mol. The van der Waals surface area contributed by atoms with Crippen molar-refractivity contribution in [1.29, 1.82) is 0 Å². The topological polar surface area (TPSA) is 69.6 Å². The minimum Gasteiger partial charge on any atom is -0.440 e. The molecule has 1 aromatic carbocycles. The van der Waals surface area contributed by atoms with Gasteiger partial charge in [-0.05, 0) is 23.3 Å². The van der Waals surface area contributed by atoms with Gasteiger partial charge in [-0.3, -0.25) is 0 Å². The van der Waals surface area contributed by atoms with Crippen LogP contribution in [0, 0.1) is 0 Å². The average Bonchev–Trinajstić information content (AvgIpc) is 3.31. The lowest BCUT2D eigenvalue weighted by molar-refractivity contribution is 0.307. The van der Waals surface area contributed by atoms with Crippen LogP contribution in [-0.4, -0.2) is 25.2 Å². The lowest BCUT2D eigenvalue weighted by atomic mass is 9.96. The largest absolute Gasteiger partial charge is 0.440 e. The fourth-order valence-electron chi connectivity index (χ4n) is 3.07. The van der Waals surface area contributed by atoms with Crippen LogP contribution in [0.2, 0.25) is 0 Å². The van der Waals surface area contributed by atoms with Gasteiger partial charge in [0.15, 0.2) is 5.76 Å². The van der Waals surface area contributed by atoms with E-state index >= 15 is 0 Å². The van der Waals surface area contributed by atoms with Crippen LogP contribution in [0.25, 0.3) is 11.3 Å². The van der Waals surface area contributed by atoms with E-state index in [0.717, 1.165) is 29.3 Å². The van der Waals surface area contributed by atoms with Crippen LogP contribution in [0.5, 0.6) is 0 Å². The summed E-state index contributed by atoms with van der Waals surface area (Å²) in [5, 5.41) is 13.1. The van der Waals surface area contributed by atoms with Crippen LogP contribution in [0.1, 0.15) is 44.0 Å². The molecule has 2 heterocycles. The Hall–Kier alpha value is -2.15. The maximum atomic E-state index is 5.84. The second-order valence-electron chi connectivity index (χ2n) is 5.97. The van der Waals surface area contributed by atoms with Crippen molar-refractivity contribution in [2.75, 3.05) is 0 Å². The Morgan fingerprint density at radius 1 is 1.12 bits per heavy atom. The Bertz CT molecular complexity index is 779. The molecule has 24 heavy (non-hydrogen) atoms. The number of oxazole rings is 1. The Morgan fingerprint density at radius 2 is 1.96 bits per heavy atom. The maximum Gasteiger partial charge on any atom is 0.210 e. The van der Waals surface area contributed by atoms with Crippen molar-refractivity contribution < 1.29 is 4.42 Å². The van der Waals surface area contributed by atoms with Gasteiger partial charge in [0.05, 0.1) is 18.0 Å². The van der Waals surface area contributed by atoms with Gasteiger partial charge >= 0.3 is 0 Å². The minimum absolute atomic E-state index is 0.431. The fourth-order valence-corrected chi connectivity index (χ4v) is 3.87. The third kappa shape index (κ3) is 3.36. The van der Waals surface area contributed by atoms with Crippen LogP contribution in [0.15, 0.2) is 46.1 Å². The summed E-state index contributed by atoms with van der Waals surface area (Å²) in [5.41, 5.74) is 1.04. The molecule has 0 unspecified atom stereocenters.